The first-order valence-electron chi connectivity index (χ1n) is 9.64. The molecule has 8 heteroatoms. The molecule has 3 aromatic rings. The molecule has 0 radical (unpaired) electrons. The minimum atomic E-state index is -3.27. The van der Waals surface area contributed by atoms with Gasteiger partial charge in [-0.3, -0.25) is 9.62 Å². The summed E-state index contributed by atoms with van der Waals surface area (Å²) < 4.78 is 31.3. The lowest BCUT2D eigenvalue weighted by molar-refractivity contribution is 0.188. The summed E-state index contributed by atoms with van der Waals surface area (Å²) >= 11 is 0. The van der Waals surface area contributed by atoms with E-state index in [0.717, 1.165) is 31.5 Å². The maximum Gasteiger partial charge on any atom is 0.247 e. The SMILES string of the molecule is CS(=O)(=O)Nc1cccc(C2CCN(Cc3nnc(-c4ccccc4)o3)CC2)c1. The number of piperidine rings is 1. The van der Waals surface area contributed by atoms with Gasteiger partial charge in [0.05, 0.1) is 12.8 Å². The molecule has 1 saturated heterocycles. The van der Waals surface area contributed by atoms with Gasteiger partial charge in [0.1, 0.15) is 0 Å². The van der Waals surface area contributed by atoms with Gasteiger partial charge in [0.25, 0.3) is 0 Å². The summed E-state index contributed by atoms with van der Waals surface area (Å²) in [6.45, 7) is 2.50. The van der Waals surface area contributed by atoms with Crippen LogP contribution < -0.4 is 4.72 Å². The van der Waals surface area contributed by atoms with Crippen molar-refractivity contribution < 1.29 is 12.8 Å². The van der Waals surface area contributed by atoms with Crippen LogP contribution in [0.3, 0.4) is 0 Å². The molecule has 1 N–H and O–H groups in total. The van der Waals surface area contributed by atoms with Gasteiger partial charge < -0.3 is 4.42 Å². The summed E-state index contributed by atoms with van der Waals surface area (Å²) in [4.78, 5) is 2.32. The van der Waals surface area contributed by atoms with E-state index in [1.807, 2.05) is 42.5 Å². The first-order chi connectivity index (χ1) is 14.0. The lowest BCUT2D eigenvalue weighted by Crippen LogP contribution is -2.32. The molecule has 0 bridgehead atoms. The Labute approximate surface area is 170 Å². The second kappa shape index (κ2) is 8.34. The van der Waals surface area contributed by atoms with Crippen molar-refractivity contribution in [2.45, 2.75) is 25.3 Å². The monoisotopic (exact) mass is 412 g/mol. The second-order valence-corrected chi connectivity index (χ2v) is 9.17. The standard InChI is InChI=1S/C21H24N4O3S/c1-29(26,27)24-19-9-5-8-18(14-19)16-10-12-25(13-11-16)15-20-22-23-21(28-20)17-6-3-2-4-7-17/h2-9,14,16,24H,10-13,15H2,1H3. The van der Waals surface area contributed by atoms with Crippen LogP contribution in [-0.4, -0.2) is 42.9 Å². The number of anilines is 1. The van der Waals surface area contributed by atoms with Gasteiger partial charge in [0, 0.05) is 11.3 Å². The fourth-order valence-electron chi connectivity index (χ4n) is 3.70. The van der Waals surface area contributed by atoms with E-state index >= 15 is 0 Å². The zero-order chi connectivity index (χ0) is 20.3. The number of nitrogens with one attached hydrogen (secondary N) is 1. The van der Waals surface area contributed by atoms with E-state index in [1.54, 1.807) is 6.07 Å². The minimum Gasteiger partial charge on any atom is -0.419 e. The van der Waals surface area contributed by atoms with Crippen LogP contribution >= 0.6 is 0 Å². The summed E-state index contributed by atoms with van der Waals surface area (Å²) in [5.41, 5.74) is 2.71. The Hall–Kier alpha value is -2.71. The highest BCUT2D eigenvalue weighted by Crippen LogP contribution is 2.30. The summed E-state index contributed by atoms with van der Waals surface area (Å²) in [6.07, 6.45) is 3.17. The highest BCUT2D eigenvalue weighted by molar-refractivity contribution is 7.92. The van der Waals surface area contributed by atoms with Gasteiger partial charge in [-0.15, -0.1) is 10.2 Å². The van der Waals surface area contributed by atoms with Crippen molar-refractivity contribution in [2.75, 3.05) is 24.1 Å². The van der Waals surface area contributed by atoms with Crippen LogP contribution in [0.15, 0.2) is 59.0 Å². The number of aromatic nitrogens is 2. The van der Waals surface area contributed by atoms with Crippen molar-refractivity contribution in [3.05, 3.63) is 66.1 Å². The molecule has 2 aromatic carbocycles. The molecule has 0 saturated carbocycles. The Balaban J connectivity index is 1.34. The van der Waals surface area contributed by atoms with Crippen LogP contribution in [0.25, 0.3) is 11.5 Å². The highest BCUT2D eigenvalue weighted by Gasteiger charge is 2.22. The first-order valence-corrected chi connectivity index (χ1v) is 11.5. The molecule has 2 heterocycles. The Morgan fingerprint density at radius 1 is 1.07 bits per heavy atom. The van der Waals surface area contributed by atoms with Crippen molar-refractivity contribution in [3.63, 3.8) is 0 Å². The third-order valence-corrected chi connectivity index (χ3v) is 5.70. The Morgan fingerprint density at radius 2 is 1.83 bits per heavy atom. The van der Waals surface area contributed by atoms with E-state index < -0.39 is 10.0 Å². The van der Waals surface area contributed by atoms with Crippen molar-refractivity contribution in [2.24, 2.45) is 0 Å². The molecule has 0 spiro atoms. The topological polar surface area (TPSA) is 88.3 Å². The van der Waals surface area contributed by atoms with Gasteiger partial charge in [-0.25, -0.2) is 8.42 Å². The maximum absolute atomic E-state index is 11.5. The zero-order valence-corrected chi connectivity index (χ0v) is 17.1. The van der Waals surface area contributed by atoms with Crippen molar-refractivity contribution in [1.29, 1.82) is 0 Å². The summed E-state index contributed by atoms with van der Waals surface area (Å²) in [7, 11) is -3.27. The van der Waals surface area contributed by atoms with Crippen LogP contribution in [0, 0.1) is 0 Å². The molecule has 152 valence electrons. The second-order valence-electron chi connectivity index (χ2n) is 7.42. The van der Waals surface area contributed by atoms with E-state index in [4.69, 9.17) is 4.42 Å². The molecule has 1 aliphatic rings. The normalized spacial score (nSPS) is 16.0. The fraction of sp³-hybridized carbons (Fsp3) is 0.333. The molecule has 29 heavy (non-hydrogen) atoms. The lowest BCUT2D eigenvalue weighted by atomic mass is 9.89. The molecule has 1 fully saturated rings. The Morgan fingerprint density at radius 3 is 2.55 bits per heavy atom. The summed E-state index contributed by atoms with van der Waals surface area (Å²) in [5, 5.41) is 8.34. The van der Waals surface area contributed by atoms with Crippen LogP contribution in [0.2, 0.25) is 0 Å². The zero-order valence-electron chi connectivity index (χ0n) is 16.3. The average molecular weight is 413 g/mol. The van der Waals surface area contributed by atoms with Gasteiger partial charge in [-0.05, 0) is 61.7 Å². The van der Waals surface area contributed by atoms with Crippen LogP contribution in [-0.2, 0) is 16.6 Å². The fourth-order valence-corrected chi connectivity index (χ4v) is 4.26. The lowest BCUT2D eigenvalue weighted by Gasteiger charge is -2.31. The Bertz CT molecular complexity index is 1060. The van der Waals surface area contributed by atoms with E-state index in [2.05, 4.69) is 25.9 Å². The van der Waals surface area contributed by atoms with E-state index in [-0.39, 0.29) is 0 Å². The molecule has 0 atom stereocenters. The third kappa shape index (κ3) is 5.21. The average Bonchev–Trinajstić information content (AvgIpc) is 3.17. The Kier molecular flexibility index (Phi) is 5.64. The molecular formula is C21H24N4O3S. The predicted molar refractivity (Wildman–Crippen MR) is 112 cm³/mol. The van der Waals surface area contributed by atoms with Crippen LogP contribution in [0.4, 0.5) is 5.69 Å². The van der Waals surface area contributed by atoms with Gasteiger partial charge in [-0.2, -0.15) is 0 Å². The molecule has 0 unspecified atom stereocenters. The number of sulfonamides is 1. The van der Waals surface area contributed by atoms with E-state index in [1.165, 1.54) is 11.8 Å². The molecule has 0 amide bonds. The predicted octanol–water partition coefficient (Wildman–Crippen LogP) is 3.49. The molecule has 4 rings (SSSR count). The minimum absolute atomic E-state index is 0.412. The van der Waals surface area contributed by atoms with Gasteiger partial charge >= 0.3 is 0 Å². The summed E-state index contributed by atoms with van der Waals surface area (Å²) in [6, 6.07) is 17.4. The number of likely N-dealkylation sites (tertiary alicyclic amines) is 1. The highest BCUT2D eigenvalue weighted by atomic mass is 32.2. The van der Waals surface area contributed by atoms with Crippen LogP contribution in [0.5, 0.6) is 0 Å². The van der Waals surface area contributed by atoms with Gasteiger partial charge in [-0.1, -0.05) is 30.3 Å². The maximum atomic E-state index is 11.5. The number of benzene rings is 2. The van der Waals surface area contributed by atoms with Crippen molar-refractivity contribution in [1.82, 2.24) is 15.1 Å². The van der Waals surface area contributed by atoms with Crippen molar-refractivity contribution >= 4 is 15.7 Å². The molecule has 0 aliphatic carbocycles. The summed E-state index contributed by atoms with van der Waals surface area (Å²) in [5.74, 6) is 1.59. The molecule has 1 aromatic heterocycles. The van der Waals surface area contributed by atoms with Crippen LogP contribution in [0.1, 0.15) is 30.2 Å². The number of nitrogens with zero attached hydrogens (tertiary/aromatic N) is 3. The molecular weight excluding hydrogens is 388 g/mol. The van der Waals surface area contributed by atoms with Gasteiger partial charge in [0.2, 0.25) is 21.8 Å². The van der Waals surface area contributed by atoms with Gasteiger partial charge in [0.15, 0.2) is 0 Å². The number of hydrogen-bond acceptors (Lipinski definition) is 6. The van der Waals surface area contributed by atoms with Crippen molar-refractivity contribution in [3.8, 4) is 11.5 Å². The van der Waals surface area contributed by atoms with E-state index in [9.17, 15) is 8.42 Å². The quantitative estimate of drug-likeness (QED) is 0.667. The number of rotatable bonds is 6. The smallest absolute Gasteiger partial charge is 0.247 e. The third-order valence-electron chi connectivity index (χ3n) is 5.10. The largest absolute Gasteiger partial charge is 0.419 e. The van der Waals surface area contributed by atoms with E-state index in [0.29, 0.717) is 29.9 Å². The molecule has 7 nitrogen and oxygen atoms in total. The molecule has 1 aliphatic heterocycles. The first kappa shape index (κ1) is 19.6. The number of hydrogen-bond donors (Lipinski definition) is 1.